The van der Waals surface area contributed by atoms with Crippen LogP contribution in [0.1, 0.15) is 21.5 Å². The van der Waals surface area contributed by atoms with E-state index < -0.39 is 11.8 Å². The van der Waals surface area contributed by atoms with Crippen LogP contribution in [0.4, 0.5) is 0 Å². The number of hydrazone groups is 1. The number of halogens is 2. The summed E-state index contributed by atoms with van der Waals surface area (Å²) in [6.07, 6.45) is 1.50. The highest BCUT2D eigenvalue weighted by Gasteiger charge is 2.07. The van der Waals surface area contributed by atoms with Crippen molar-refractivity contribution >= 4 is 41.2 Å². The van der Waals surface area contributed by atoms with E-state index in [2.05, 4.69) is 15.8 Å². The van der Waals surface area contributed by atoms with Gasteiger partial charge in [-0.2, -0.15) is 5.10 Å². The van der Waals surface area contributed by atoms with Crippen molar-refractivity contribution in [2.24, 2.45) is 5.10 Å². The summed E-state index contributed by atoms with van der Waals surface area (Å²) in [7, 11) is 0. The molecule has 31 heavy (non-hydrogen) atoms. The van der Waals surface area contributed by atoms with Gasteiger partial charge in [0.2, 0.25) is 0 Å². The van der Waals surface area contributed by atoms with Crippen LogP contribution in [0.3, 0.4) is 0 Å². The third kappa shape index (κ3) is 7.44. The van der Waals surface area contributed by atoms with E-state index in [0.717, 1.165) is 11.1 Å². The second kappa shape index (κ2) is 11.2. The van der Waals surface area contributed by atoms with Gasteiger partial charge in [-0.25, -0.2) is 5.43 Å². The Morgan fingerprint density at radius 3 is 2.39 bits per heavy atom. The molecule has 2 N–H and O–H groups in total. The average Bonchev–Trinajstić information content (AvgIpc) is 2.78. The third-order valence-electron chi connectivity index (χ3n) is 4.10. The number of hydrogen-bond donors (Lipinski definition) is 2. The van der Waals surface area contributed by atoms with Gasteiger partial charge < -0.3 is 10.1 Å². The molecule has 0 unspecified atom stereocenters. The summed E-state index contributed by atoms with van der Waals surface area (Å²) >= 11 is 11.7. The lowest BCUT2D eigenvalue weighted by Gasteiger charge is -2.06. The maximum absolute atomic E-state index is 12.0. The van der Waals surface area contributed by atoms with E-state index in [4.69, 9.17) is 27.9 Å². The molecule has 3 rings (SSSR count). The summed E-state index contributed by atoms with van der Waals surface area (Å²) < 4.78 is 5.72. The van der Waals surface area contributed by atoms with Crippen molar-refractivity contribution in [2.45, 2.75) is 6.61 Å². The zero-order valence-electron chi connectivity index (χ0n) is 16.3. The van der Waals surface area contributed by atoms with Crippen molar-refractivity contribution in [3.63, 3.8) is 0 Å². The first-order chi connectivity index (χ1) is 15.0. The summed E-state index contributed by atoms with van der Waals surface area (Å²) in [5, 5.41) is 7.52. The number of hydrogen-bond acceptors (Lipinski definition) is 4. The van der Waals surface area contributed by atoms with E-state index >= 15 is 0 Å². The Morgan fingerprint density at radius 1 is 0.935 bits per heavy atom. The number of ether oxygens (including phenoxy) is 1. The predicted molar refractivity (Wildman–Crippen MR) is 122 cm³/mol. The minimum absolute atomic E-state index is 0.208. The first-order valence-corrected chi connectivity index (χ1v) is 10.1. The lowest BCUT2D eigenvalue weighted by Crippen LogP contribution is -2.34. The van der Waals surface area contributed by atoms with E-state index in [1.807, 2.05) is 48.5 Å². The molecule has 8 heteroatoms. The number of carbonyl (C=O) groups excluding carboxylic acids is 2. The zero-order valence-corrected chi connectivity index (χ0v) is 17.9. The van der Waals surface area contributed by atoms with Crippen LogP contribution in [-0.4, -0.2) is 24.6 Å². The number of amides is 2. The summed E-state index contributed by atoms with van der Waals surface area (Å²) in [5.41, 5.74) is 4.53. The normalized spacial score (nSPS) is 10.6. The fourth-order valence-corrected chi connectivity index (χ4v) is 2.82. The van der Waals surface area contributed by atoms with Crippen LogP contribution in [0.15, 0.2) is 77.9 Å². The molecule has 0 atom stereocenters. The monoisotopic (exact) mass is 455 g/mol. The van der Waals surface area contributed by atoms with Gasteiger partial charge >= 0.3 is 0 Å². The Morgan fingerprint density at radius 2 is 1.68 bits per heavy atom. The second-order valence-electron chi connectivity index (χ2n) is 6.47. The SMILES string of the molecule is O=C(CNC(=O)c1cccc(Cl)c1)N/N=C/c1ccc(OCc2ccc(Cl)cc2)cc1. The maximum Gasteiger partial charge on any atom is 0.259 e. The van der Waals surface area contributed by atoms with E-state index in [9.17, 15) is 9.59 Å². The molecular weight excluding hydrogens is 437 g/mol. The molecule has 0 bridgehead atoms. The topological polar surface area (TPSA) is 79.8 Å². The van der Waals surface area contributed by atoms with Gasteiger partial charge in [0.25, 0.3) is 11.8 Å². The molecule has 3 aromatic carbocycles. The van der Waals surface area contributed by atoms with Crippen LogP contribution in [0.25, 0.3) is 0 Å². The predicted octanol–water partition coefficient (Wildman–Crippen LogP) is 4.45. The van der Waals surface area contributed by atoms with Gasteiger partial charge in [-0.05, 0) is 65.7 Å². The molecule has 0 heterocycles. The van der Waals surface area contributed by atoms with Crippen LogP contribution < -0.4 is 15.5 Å². The number of benzene rings is 3. The molecule has 0 spiro atoms. The van der Waals surface area contributed by atoms with E-state index in [-0.39, 0.29) is 6.54 Å². The van der Waals surface area contributed by atoms with Crippen LogP contribution in [0, 0.1) is 0 Å². The standard InChI is InChI=1S/C23H19Cl2N3O3/c24-19-8-4-17(5-9-19)15-31-21-10-6-16(7-11-21)13-27-28-22(29)14-26-23(30)18-2-1-3-20(25)12-18/h1-13H,14-15H2,(H,26,30)(H,28,29)/b27-13+. The van der Waals surface area contributed by atoms with Gasteiger partial charge in [0.15, 0.2) is 0 Å². The van der Waals surface area contributed by atoms with Crippen molar-refractivity contribution in [1.29, 1.82) is 0 Å². The minimum Gasteiger partial charge on any atom is -0.489 e. The van der Waals surface area contributed by atoms with Crippen molar-refractivity contribution in [3.05, 3.63) is 99.5 Å². The van der Waals surface area contributed by atoms with Gasteiger partial charge in [0.05, 0.1) is 12.8 Å². The fourth-order valence-electron chi connectivity index (χ4n) is 2.51. The largest absolute Gasteiger partial charge is 0.489 e. The summed E-state index contributed by atoms with van der Waals surface area (Å²) in [6, 6.07) is 21.2. The molecular formula is C23H19Cl2N3O3. The van der Waals surface area contributed by atoms with E-state index in [1.54, 1.807) is 18.2 Å². The van der Waals surface area contributed by atoms with Crippen molar-refractivity contribution in [3.8, 4) is 5.75 Å². The number of nitrogens with one attached hydrogen (secondary N) is 2. The number of nitrogens with zero attached hydrogens (tertiary/aromatic N) is 1. The number of carbonyl (C=O) groups is 2. The third-order valence-corrected chi connectivity index (χ3v) is 4.59. The van der Waals surface area contributed by atoms with Crippen molar-refractivity contribution < 1.29 is 14.3 Å². The van der Waals surface area contributed by atoms with Gasteiger partial charge in [-0.1, -0.05) is 41.4 Å². The van der Waals surface area contributed by atoms with Crippen LogP contribution >= 0.6 is 23.2 Å². The molecule has 0 radical (unpaired) electrons. The Hall–Kier alpha value is -3.35. The second-order valence-corrected chi connectivity index (χ2v) is 7.34. The highest BCUT2D eigenvalue weighted by Crippen LogP contribution is 2.15. The molecule has 0 saturated heterocycles. The lowest BCUT2D eigenvalue weighted by atomic mass is 10.2. The van der Waals surface area contributed by atoms with Crippen molar-refractivity contribution in [1.82, 2.24) is 10.7 Å². The molecule has 6 nitrogen and oxygen atoms in total. The molecule has 158 valence electrons. The summed E-state index contributed by atoms with van der Waals surface area (Å²) in [6.45, 7) is 0.224. The molecule has 3 aromatic rings. The molecule has 0 fully saturated rings. The van der Waals surface area contributed by atoms with Crippen LogP contribution in [0.5, 0.6) is 5.75 Å². The van der Waals surface area contributed by atoms with Crippen LogP contribution in [-0.2, 0) is 11.4 Å². The zero-order chi connectivity index (χ0) is 22.1. The van der Waals surface area contributed by atoms with Gasteiger partial charge in [-0.3, -0.25) is 9.59 Å². The Labute approximate surface area is 189 Å². The van der Waals surface area contributed by atoms with Gasteiger partial charge in [0.1, 0.15) is 12.4 Å². The molecule has 2 amide bonds. The molecule has 0 aliphatic heterocycles. The molecule has 0 aromatic heterocycles. The average molecular weight is 456 g/mol. The maximum atomic E-state index is 12.0. The molecule has 0 aliphatic carbocycles. The number of rotatable bonds is 8. The smallest absolute Gasteiger partial charge is 0.259 e. The van der Waals surface area contributed by atoms with E-state index in [0.29, 0.717) is 28.0 Å². The Kier molecular flexibility index (Phi) is 8.04. The minimum atomic E-state index is -0.449. The first kappa shape index (κ1) is 22.3. The molecule has 0 saturated carbocycles. The molecule has 0 aliphatic rings. The fraction of sp³-hybridized carbons (Fsp3) is 0.0870. The van der Waals surface area contributed by atoms with E-state index in [1.165, 1.54) is 12.3 Å². The Bertz CT molecular complexity index is 1070. The van der Waals surface area contributed by atoms with Crippen molar-refractivity contribution in [2.75, 3.05) is 6.54 Å². The summed E-state index contributed by atoms with van der Waals surface area (Å²) in [4.78, 5) is 23.8. The van der Waals surface area contributed by atoms with Gasteiger partial charge in [0, 0.05) is 15.6 Å². The van der Waals surface area contributed by atoms with Gasteiger partial charge in [-0.15, -0.1) is 0 Å². The highest BCUT2D eigenvalue weighted by molar-refractivity contribution is 6.31. The first-order valence-electron chi connectivity index (χ1n) is 9.32. The summed E-state index contributed by atoms with van der Waals surface area (Å²) in [5.74, 6) is -0.134. The quantitative estimate of drug-likeness (QED) is 0.388. The van der Waals surface area contributed by atoms with Crippen LogP contribution in [0.2, 0.25) is 10.0 Å². The highest BCUT2D eigenvalue weighted by atomic mass is 35.5. The Balaban J connectivity index is 1.41. The lowest BCUT2D eigenvalue weighted by molar-refractivity contribution is -0.120.